The Bertz CT molecular complexity index is 1570. The molecule has 4 rings (SSSR count). The van der Waals surface area contributed by atoms with Crippen LogP contribution in [-0.2, 0) is 33.6 Å². The van der Waals surface area contributed by atoms with Gasteiger partial charge in [-0.1, -0.05) is 18.2 Å². The Kier molecular flexibility index (Phi) is 7.69. The van der Waals surface area contributed by atoms with E-state index in [0.29, 0.717) is 23.1 Å². The number of benzene rings is 3. The van der Waals surface area contributed by atoms with E-state index in [2.05, 4.69) is 10.0 Å². The first-order chi connectivity index (χ1) is 18.5. The quantitative estimate of drug-likeness (QED) is 0.185. The first kappa shape index (κ1) is 29.1. The number of nitrogens with one attached hydrogen (secondary N) is 2. The summed E-state index contributed by atoms with van der Waals surface area (Å²) < 4.78 is 120. The summed E-state index contributed by atoms with van der Waals surface area (Å²) in [5, 5.41) is 2.50. The monoisotopic (exact) mass is 587 g/mol. The van der Waals surface area contributed by atoms with E-state index in [-0.39, 0.29) is 36.0 Å². The largest absolute Gasteiger partial charge is 0.416 e. The topological polar surface area (TPSA) is 101 Å². The summed E-state index contributed by atoms with van der Waals surface area (Å²) in [6.45, 7) is 0. The van der Waals surface area contributed by atoms with E-state index in [9.17, 15) is 43.9 Å². The van der Waals surface area contributed by atoms with Gasteiger partial charge in [0.1, 0.15) is 5.82 Å². The van der Waals surface area contributed by atoms with Crippen molar-refractivity contribution in [3.63, 3.8) is 0 Å². The average molecular weight is 588 g/mol. The maximum atomic E-state index is 13.2. The van der Waals surface area contributed by atoms with E-state index < -0.39 is 56.2 Å². The number of carbonyl (C=O) groups excluding carboxylic acids is 1. The second-order valence-electron chi connectivity index (χ2n) is 8.97. The summed E-state index contributed by atoms with van der Waals surface area (Å²) in [4.78, 5) is 11.1. The number of halogens is 7. The number of alkyl halides is 6. The molecule has 212 valence electrons. The van der Waals surface area contributed by atoms with Crippen molar-refractivity contribution >= 4 is 33.4 Å². The Morgan fingerprint density at radius 1 is 0.925 bits per heavy atom. The van der Waals surface area contributed by atoms with Crippen molar-refractivity contribution < 1.29 is 43.9 Å². The molecule has 0 aliphatic heterocycles. The van der Waals surface area contributed by atoms with Crippen LogP contribution in [0.25, 0.3) is 6.08 Å². The van der Waals surface area contributed by atoms with E-state index in [1.807, 2.05) is 0 Å². The Hall–Kier alpha value is -3.91. The van der Waals surface area contributed by atoms with Crippen molar-refractivity contribution in [2.24, 2.45) is 0 Å². The van der Waals surface area contributed by atoms with Crippen LogP contribution >= 0.6 is 0 Å². The molecule has 3 aromatic rings. The van der Waals surface area contributed by atoms with E-state index in [4.69, 9.17) is 5.73 Å². The fourth-order valence-corrected chi connectivity index (χ4v) is 5.51. The molecular formula is C26H20F7N3O3S. The third kappa shape index (κ3) is 6.62. The van der Waals surface area contributed by atoms with Gasteiger partial charge in [-0.15, -0.1) is 0 Å². The van der Waals surface area contributed by atoms with Crippen molar-refractivity contribution in [2.45, 2.75) is 36.1 Å². The van der Waals surface area contributed by atoms with Crippen LogP contribution in [0.4, 0.5) is 42.1 Å². The number of rotatable bonds is 6. The molecule has 4 N–H and O–H groups in total. The molecule has 1 aliphatic carbocycles. The predicted octanol–water partition coefficient (Wildman–Crippen LogP) is 6.06. The molecule has 0 saturated heterocycles. The Morgan fingerprint density at radius 3 is 2.17 bits per heavy atom. The van der Waals surface area contributed by atoms with Crippen molar-refractivity contribution in [3.05, 3.63) is 94.3 Å². The van der Waals surface area contributed by atoms with Crippen LogP contribution in [0.1, 0.15) is 40.3 Å². The van der Waals surface area contributed by atoms with Crippen LogP contribution in [-0.4, -0.2) is 14.3 Å². The third-order valence-corrected chi connectivity index (χ3v) is 7.56. The molecule has 0 saturated carbocycles. The average Bonchev–Trinajstić information content (AvgIpc) is 3.24. The van der Waals surface area contributed by atoms with E-state index >= 15 is 0 Å². The SMILES string of the molecule is Nc1cc(F)ccc1NC(=O)/C=C/c1ccc2c(c1)CCC2NS(=O)(=O)c1cc(C(F)(F)F)cc(C(F)(F)F)c1. The highest BCUT2D eigenvalue weighted by Crippen LogP contribution is 2.38. The normalized spacial score (nSPS) is 15.8. The summed E-state index contributed by atoms with van der Waals surface area (Å²) >= 11 is 0. The van der Waals surface area contributed by atoms with Crippen LogP contribution in [0, 0.1) is 5.82 Å². The molecule has 1 aliphatic rings. The maximum absolute atomic E-state index is 13.2. The summed E-state index contributed by atoms with van der Waals surface area (Å²) in [5.41, 5.74) is 4.16. The first-order valence-electron chi connectivity index (χ1n) is 11.5. The number of hydrogen-bond acceptors (Lipinski definition) is 4. The summed E-state index contributed by atoms with van der Waals surface area (Å²) in [6.07, 6.45) is -7.16. The van der Waals surface area contributed by atoms with Gasteiger partial charge in [0.2, 0.25) is 15.9 Å². The minimum absolute atomic E-state index is 0.0348. The molecule has 0 fully saturated rings. The summed E-state index contributed by atoms with van der Waals surface area (Å²) in [6, 6.07) is 7.54. The van der Waals surface area contributed by atoms with Crippen LogP contribution in [0.2, 0.25) is 0 Å². The Morgan fingerprint density at radius 2 is 1.57 bits per heavy atom. The van der Waals surface area contributed by atoms with Crippen molar-refractivity contribution in [2.75, 3.05) is 11.1 Å². The van der Waals surface area contributed by atoms with Gasteiger partial charge in [-0.05, 0) is 72.0 Å². The van der Waals surface area contributed by atoms with Gasteiger partial charge in [0.25, 0.3) is 0 Å². The minimum Gasteiger partial charge on any atom is -0.397 e. The van der Waals surface area contributed by atoms with Gasteiger partial charge < -0.3 is 11.1 Å². The summed E-state index contributed by atoms with van der Waals surface area (Å²) in [7, 11) is -4.77. The molecule has 0 bridgehead atoms. The van der Waals surface area contributed by atoms with Gasteiger partial charge in [-0.25, -0.2) is 17.5 Å². The van der Waals surface area contributed by atoms with Crippen molar-refractivity contribution in [3.8, 4) is 0 Å². The highest BCUT2D eigenvalue weighted by molar-refractivity contribution is 7.89. The molecule has 1 atom stereocenters. The van der Waals surface area contributed by atoms with Gasteiger partial charge in [0, 0.05) is 12.1 Å². The van der Waals surface area contributed by atoms with Crippen LogP contribution in [0.15, 0.2) is 65.6 Å². The first-order valence-corrected chi connectivity index (χ1v) is 13.0. The molecule has 1 unspecified atom stereocenters. The molecular weight excluding hydrogens is 567 g/mol. The van der Waals surface area contributed by atoms with Gasteiger partial charge in [-0.2, -0.15) is 26.3 Å². The van der Waals surface area contributed by atoms with Crippen molar-refractivity contribution in [1.82, 2.24) is 4.72 Å². The van der Waals surface area contributed by atoms with Crippen LogP contribution < -0.4 is 15.8 Å². The molecule has 0 heterocycles. The Balaban J connectivity index is 1.51. The molecule has 6 nitrogen and oxygen atoms in total. The van der Waals surface area contributed by atoms with Gasteiger partial charge in [0.05, 0.1) is 27.4 Å². The van der Waals surface area contributed by atoms with E-state index in [1.165, 1.54) is 18.2 Å². The zero-order valence-corrected chi connectivity index (χ0v) is 21.0. The smallest absolute Gasteiger partial charge is 0.397 e. The van der Waals surface area contributed by atoms with E-state index in [1.54, 1.807) is 18.2 Å². The standard InChI is InChI=1S/C26H20F7N3O3S/c27-18-4-7-23(21(34)13-18)35-24(37)8-2-14-1-5-20-15(9-14)3-6-22(20)36-40(38,39)19-11-16(25(28,29)30)10-17(12-19)26(31,32)33/h1-2,4-5,7-13,22,36H,3,6,34H2,(H,35,37)/b8-2+. The highest BCUT2D eigenvalue weighted by atomic mass is 32.2. The lowest BCUT2D eigenvalue weighted by atomic mass is 10.0. The second-order valence-corrected chi connectivity index (χ2v) is 10.7. The van der Waals surface area contributed by atoms with E-state index in [0.717, 1.165) is 12.1 Å². The number of anilines is 2. The fraction of sp³-hybridized carbons (Fsp3) is 0.192. The zero-order valence-electron chi connectivity index (χ0n) is 20.2. The van der Waals surface area contributed by atoms with Gasteiger partial charge in [-0.3, -0.25) is 4.79 Å². The predicted molar refractivity (Wildman–Crippen MR) is 133 cm³/mol. The molecule has 0 spiro atoms. The lowest BCUT2D eigenvalue weighted by molar-refractivity contribution is -0.143. The minimum atomic E-state index is -5.20. The number of sulfonamides is 1. The number of carbonyl (C=O) groups is 1. The van der Waals surface area contributed by atoms with Crippen LogP contribution in [0.5, 0.6) is 0 Å². The lowest BCUT2D eigenvalue weighted by Crippen LogP contribution is -2.28. The molecule has 14 heteroatoms. The third-order valence-electron chi connectivity index (χ3n) is 6.11. The van der Waals surface area contributed by atoms with Crippen LogP contribution in [0.3, 0.4) is 0 Å². The number of nitrogens with two attached hydrogens (primary N) is 1. The molecule has 0 radical (unpaired) electrons. The number of amides is 1. The molecule has 40 heavy (non-hydrogen) atoms. The molecule has 1 amide bonds. The highest BCUT2D eigenvalue weighted by Gasteiger charge is 2.39. The fourth-order valence-electron chi connectivity index (χ4n) is 4.19. The number of hydrogen-bond donors (Lipinski definition) is 3. The number of nitrogen functional groups attached to an aromatic ring is 1. The number of fused-ring (bicyclic) bond motifs is 1. The van der Waals surface area contributed by atoms with Gasteiger partial charge in [0.15, 0.2) is 0 Å². The Labute approximate surface area is 223 Å². The van der Waals surface area contributed by atoms with Gasteiger partial charge >= 0.3 is 12.4 Å². The maximum Gasteiger partial charge on any atom is 0.416 e. The van der Waals surface area contributed by atoms with Crippen molar-refractivity contribution in [1.29, 1.82) is 0 Å². The zero-order chi connectivity index (χ0) is 29.5. The number of aryl methyl sites for hydroxylation is 1. The lowest BCUT2D eigenvalue weighted by Gasteiger charge is -2.17. The second kappa shape index (κ2) is 10.6. The molecule has 3 aromatic carbocycles. The molecule has 0 aromatic heterocycles. The summed E-state index contributed by atoms with van der Waals surface area (Å²) in [5.74, 6) is -1.12.